The summed E-state index contributed by atoms with van der Waals surface area (Å²) in [5.41, 5.74) is 0.286. The van der Waals surface area contributed by atoms with E-state index in [4.69, 9.17) is 0 Å². The summed E-state index contributed by atoms with van der Waals surface area (Å²) in [6.07, 6.45) is 2.20. The number of likely N-dealkylation sites (tertiary alicyclic amines) is 1. The third-order valence-electron chi connectivity index (χ3n) is 6.26. The van der Waals surface area contributed by atoms with Crippen molar-refractivity contribution in [2.24, 2.45) is 0 Å². The fraction of sp³-hybridized carbons (Fsp3) is 0.391. The monoisotopic (exact) mass is 460 g/mol. The van der Waals surface area contributed by atoms with Crippen LogP contribution in [-0.4, -0.2) is 68.2 Å². The van der Waals surface area contributed by atoms with Crippen molar-refractivity contribution in [3.8, 4) is 0 Å². The average Bonchev–Trinajstić information content (AvgIpc) is 3.01. The minimum absolute atomic E-state index is 0.230. The zero-order valence-electron chi connectivity index (χ0n) is 17.7. The number of rotatable bonds is 4. The maximum Gasteiger partial charge on any atom is 0.287 e. The van der Waals surface area contributed by atoms with Crippen molar-refractivity contribution in [3.63, 3.8) is 0 Å². The minimum atomic E-state index is -3.56. The van der Waals surface area contributed by atoms with Crippen molar-refractivity contribution in [1.82, 2.24) is 9.21 Å². The lowest BCUT2D eigenvalue weighted by atomic mass is 10.1. The number of benzene rings is 2. The molecule has 0 spiro atoms. The molecule has 2 aliphatic heterocycles. The van der Waals surface area contributed by atoms with Crippen LogP contribution < -0.4 is 4.90 Å². The van der Waals surface area contributed by atoms with Crippen molar-refractivity contribution in [3.05, 3.63) is 66.0 Å². The lowest BCUT2D eigenvalue weighted by Crippen LogP contribution is -3.19. The van der Waals surface area contributed by atoms with Crippen LogP contribution in [0, 0.1) is 5.82 Å². The van der Waals surface area contributed by atoms with Crippen LogP contribution in [0.15, 0.2) is 59.5 Å². The molecular formula is C23H27FN3O4S+. The maximum absolute atomic E-state index is 13.3. The summed E-state index contributed by atoms with van der Waals surface area (Å²) < 4.78 is 40.5. The van der Waals surface area contributed by atoms with Gasteiger partial charge in [-0.2, -0.15) is 4.31 Å². The van der Waals surface area contributed by atoms with Gasteiger partial charge in [0.05, 0.1) is 31.1 Å². The Hall–Kier alpha value is -2.62. The summed E-state index contributed by atoms with van der Waals surface area (Å²) in [7, 11) is -3.56. The highest BCUT2D eigenvalue weighted by molar-refractivity contribution is 7.89. The van der Waals surface area contributed by atoms with Gasteiger partial charge in [-0.05, 0) is 49.2 Å². The number of hydrogen-bond donors (Lipinski definition) is 1. The Bertz CT molecular complexity index is 1070. The van der Waals surface area contributed by atoms with Gasteiger partial charge in [-0.25, -0.2) is 12.8 Å². The molecule has 32 heavy (non-hydrogen) atoms. The van der Waals surface area contributed by atoms with Crippen molar-refractivity contribution >= 4 is 21.8 Å². The quantitative estimate of drug-likeness (QED) is 0.689. The summed E-state index contributed by atoms with van der Waals surface area (Å²) in [5.74, 6) is -1.08. The highest BCUT2D eigenvalue weighted by Gasteiger charge is 2.40. The van der Waals surface area contributed by atoms with Gasteiger partial charge < -0.3 is 4.90 Å². The maximum atomic E-state index is 13.3. The second-order valence-corrected chi connectivity index (χ2v) is 10.2. The summed E-state index contributed by atoms with van der Waals surface area (Å²) in [6, 6.07) is 13.2. The molecule has 2 saturated heterocycles. The highest BCUT2D eigenvalue weighted by Crippen LogP contribution is 2.17. The molecule has 2 amide bonds. The van der Waals surface area contributed by atoms with E-state index in [0.717, 1.165) is 17.7 Å². The normalized spacial score (nSPS) is 21.3. The Kier molecular flexibility index (Phi) is 6.68. The smallest absolute Gasteiger partial charge is 0.287 e. The van der Waals surface area contributed by atoms with Crippen LogP contribution >= 0.6 is 0 Å². The van der Waals surface area contributed by atoms with E-state index in [9.17, 15) is 22.4 Å². The summed E-state index contributed by atoms with van der Waals surface area (Å²) in [6.45, 7) is 1.99. The summed E-state index contributed by atoms with van der Waals surface area (Å²) in [5, 5.41) is 0. The van der Waals surface area contributed by atoms with Crippen molar-refractivity contribution in [2.75, 3.05) is 32.7 Å². The van der Waals surface area contributed by atoms with Gasteiger partial charge in [0.25, 0.3) is 11.8 Å². The fourth-order valence-corrected chi connectivity index (χ4v) is 5.94. The van der Waals surface area contributed by atoms with Crippen LogP contribution in [0.1, 0.15) is 29.6 Å². The number of carbonyl (C=O) groups is 2. The number of hydrogen-bond acceptors (Lipinski definition) is 4. The van der Waals surface area contributed by atoms with Gasteiger partial charge in [-0.3, -0.25) is 14.5 Å². The first-order valence-electron chi connectivity index (χ1n) is 10.9. The van der Waals surface area contributed by atoms with Gasteiger partial charge in [0.2, 0.25) is 10.0 Å². The average molecular weight is 461 g/mol. The number of nitrogens with one attached hydrogen (secondary N) is 1. The molecule has 2 aromatic carbocycles. The molecule has 0 aromatic heterocycles. The molecule has 2 fully saturated rings. The Morgan fingerprint density at radius 3 is 2.25 bits per heavy atom. The summed E-state index contributed by atoms with van der Waals surface area (Å²) in [4.78, 5) is 28.8. The Morgan fingerprint density at radius 2 is 1.59 bits per heavy atom. The Morgan fingerprint density at radius 1 is 0.938 bits per heavy atom. The molecule has 0 saturated carbocycles. The van der Waals surface area contributed by atoms with E-state index in [-0.39, 0.29) is 22.4 Å². The van der Waals surface area contributed by atoms with Gasteiger partial charge >= 0.3 is 0 Å². The topological polar surface area (TPSA) is 79.2 Å². The first-order valence-corrected chi connectivity index (χ1v) is 12.3. The Balaban J connectivity index is 1.45. The van der Waals surface area contributed by atoms with Crippen molar-refractivity contribution in [1.29, 1.82) is 0 Å². The molecule has 0 aliphatic carbocycles. The number of nitrogens with zero attached hydrogens (tertiary/aromatic N) is 2. The van der Waals surface area contributed by atoms with Crippen LogP contribution in [0.4, 0.5) is 4.39 Å². The number of halogens is 1. The molecule has 7 nitrogen and oxygen atoms in total. The number of amides is 2. The molecule has 1 N–H and O–H groups in total. The van der Waals surface area contributed by atoms with Gasteiger partial charge in [0, 0.05) is 18.5 Å². The second-order valence-electron chi connectivity index (χ2n) is 8.23. The number of carbonyl (C=O) groups excluding carboxylic acids is 2. The zero-order valence-corrected chi connectivity index (χ0v) is 18.6. The molecule has 1 atom stereocenters. The van der Waals surface area contributed by atoms with Gasteiger partial charge in [-0.1, -0.05) is 18.2 Å². The molecule has 170 valence electrons. The number of quaternary nitrogens is 1. The second kappa shape index (κ2) is 9.48. The van der Waals surface area contributed by atoms with Gasteiger partial charge in [0.1, 0.15) is 5.82 Å². The molecule has 2 heterocycles. The first-order chi connectivity index (χ1) is 15.4. The molecular weight excluding hydrogens is 433 g/mol. The lowest BCUT2D eigenvalue weighted by Gasteiger charge is -2.36. The number of sulfonamides is 1. The van der Waals surface area contributed by atoms with E-state index in [1.54, 1.807) is 30.3 Å². The van der Waals surface area contributed by atoms with E-state index in [0.29, 0.717) is 39.1 Å². The minimum Gasteiger partial charge on any atom is -0.323 e. The van der Waals surface area contributed by atoms with Gasteiger partial charge in [0.15, 0.2) is 6.04 Å². The van der Waals surface area contributed by atoms with Gasteiger partial charge in [-0.15, -0.1) is 0 Å². The Labute approximate surface area is 187 Å². The van der Waals surface area contributed by atoms with Crippen molar-refractivity contribution in [2.45, 2.75) is 30.2 Å². The number of piperazine rings is 1. The molecule has 9 heteroatoms. The summed E-state index contributed by atoms with van der Waals surface area (Å²) >= 11 is 0. The molecule has 2 aliphatic rings. The lowest BCUT2D eigenvalue weighted by molar-refractivity contribution is -0.920. The number of imide groups is 1. The fourth-order valence-electron chi connectivity index (χ4n) is 4.47. The highest BCUT2D eigenvalue weighted by atomic mass is 32.2. The van der Waals surface area contributed by atoms with Crippen LogP contribution in [0.2, 0.25) is 0 Å². The molecule has 0 bridgehead atoms. The van der Waals surface area contributed by atoms with Crippen molar-refractivity contribution < 1.29 is 27.3 Å². The molecule has 0 radical (unpaired) electrons. The molecule has 0 unspecified atom stereocenters. The first kappa shape index (κ1) is 22.6. The van der Waals surface area contributed by atoms with Crippen LogP contribution in [0.3, 0.4) is 0 Å². The van der Waals surface area contributed by atoms with E-state index < -0.39 is 21.7 Å². The van der Waals surface area contributed by atoms with Crippen LogP contribution in [0.5, 0.6) is 0 Å². The van der Waals surface area contributed by atoms with Crippen LogP contribution in [-0.2, 0) is 14.8 Å². The largest absolute Gasteiger partial charge is 0.323 e. The predicted molar refractivity (Wildman–Crippen MR) is 116 cm³/mol. The van der Waals surface area contributed by atoms with E-state index in [1.165, 1.54) is 33.5 Å². The standard InChI is InChI=1S/C23H26FN3O4S/c24-19-11-9-18(10-12-19)22(28)27-13-5-4-8-21(23(27)29)25-14-16-26(17-15-25)32(30,31)20-6-2-1-3-7-20/h1-3,6-7,9-12,21H,4-5,8,13-17H2/p+1/t21-/m1/s1. The molecule has 2 aromatic rings. The van der Waals surface area contributed by atoms with Crippen LogP contribution in [0.25, 0.3) is 0 Å². The third kappa shape index (κ3) is 4.60. The van der Waals surface area contributed by atoms with E-state index in [2.05, 4.69) is 0 Å². The van der Waals surface area contributed by atoms with E-state index >= 15 is 0 Å². The van der Waals surface area contributed by atoms with E-state index in [1.807, 2.05) is 0 Å². The molecule has 4 rings (SSSR count). The predicted octanol–water partition coefficient (Wildman–Crippen LogP) is 0.936. The third-order valence-corrected chi connectivity index (χ3v) is 8.18. The SMILES string of the molecule is O=C(c1ccc(F)cc1)N1CCCC[C@@H]([NH+]2CCN(S(=O)(=O)c3ccccc3)CC2)C1=O. The zero-order chi connectivity index (χ0) is 22.7.